The van der Waals surface area contributed by atoms with Crippen molar-refractivity contribution in [3.63, 3.8) is 0 Å². The van der Waals surface area contributed by atoms with Gasteiger partial charge in [0, 0.05) is 11.9 Å². The van der Waals surface area contributed by atoms with Crippen molar-refractivity contribution in [1.82, 2.24) is 9.38 Å². The third-order valence-electron chi connectivity index (χ3n) is 3.06. The van der Waals surface area contributed by atoms with E-state index in [-0.39, 0.29) is 17.1 Å². The molecule has 0 saturated carbocycles. The first kappa shape index (κ1) is 15.1. The minimum Gasteiger partial charge on any atom is -0.421 e. The first-order valence-electron chi connectivity index (χ1n) is 6.47. The van der Waals surface area contributed by atoms with Crippen molar-refractivity contribution in [2.45, 2.75) is 0 Å². The van der Waals surface area contributed by atoms with Crippen molar-refractivity contribution in [2.24, 2.45) is 0 Å². The molecule has 0 atom stereocenters. The first-order chi connectivity index (χ1) is 9.86. The Morgan fingerprint density at radius 2 is 1.71 bits per heavy atom. The average Bonchev–Trinajstić information content (AvgIpc) is 3.23. The Kier molecular flexibility index (Phi) is 4.99. The van der Waals surface area contributed by atoms with Gasteiger partial charge in [-0.15, -0.1) is 12.1 Å². The fourth-order valence-corrected chi connectivity index (χ4v) is 2.08. The molecule has 0 saturated heterocycles. The van der Waals surface area contributed by atoms with Gasteiger partial charge in [0.05, 0.1) is 5.82 Å². The number of rotatable bonds is 1. The molecular weight excluding hydrogens is 302 g/mol. The molecule has 0 bridgehead atoms. The van der Waals surface area contributed by atoms with Gasteiger partial charge in [-0.25, -0.2) is 17.1 Å². The molecule has 0 aliphatic heterocycles. The molecule has 0 unspecified atom stereocenters. The van der Waals surface area contributed by atoms with Gasteiger partial charge >= 0.3 is 17.1 Å². The third kappa shape index (κ3) is 3.24. The number of hydrogen-bond acceptors (Lipinski definition) is 2. The minimum absolute atomic E-state index is 0. The van der Waals surface area contributed by atoms with Crippen molar-refractivity contribution in [3.05, 3.63) is 79.0 Å². The normalized spacial score (nSPS) is 9.71. The van der Waals surface area contributed by atoms with Crippen molar-refractivity contribution >= 4 is 11.5 Å². The fourth-order valence-electron chi connectivity index (χ4n) is 2.08. The van der Waals surface area contributed by atoms with E-state index >= 15 is 0 Å². The second-order valence-corrected chi connectivity index (χ2v) is 4.41. The quantitative estimate of drug-likeness (QED) is 0.430. The van der Waals surface area contributed by atoms with Gasteiger partial charge in [0.15, 0.2) is 0 Å². The Balaban J connectivity index is 0.000000231. The first-order valence-corrected chi connectivity index (χ1v) is 6.47. The van der Waals surface area contributed by atoms with Crippen LogP contribution in [-0.4, -0.2) is 9.38 Å². The Morgan fingerprint density at radius 1 is 1.00 bits per heavy atom. The predicted octanol–water partition coefficient (Wildman–Crippen LogP) is 3.71. The van der Waals surface area contributed by atoms with Gasteiger partial charge in [0.1, 0.15) is 5.65 Å². The van der Waals surface area contributed by atoms with E-state index in [2.05, 4.69) is 4.98 Å². The van der Waals surface area contributed by atoms with Crippen LogP contribution in [0.2, 0.25) is 0 Å². The average molecular weight is 317 g/mol. The predicted molar refractivity (Wildman–Crippen MR) is 82.7 cm³/mol. The van der Waals surface area contributed by atoms with Crippen molar-refractivity contribution in [1.29, 1.82) is 0 Å². The van der Waals surface area contributed by atoms with Crippen molar-refractivity contribution in [2.75, 3.05) is 5.73 Å². The van der Waals surface area contributed by atoms with Crippen LogP contribution in [-0.2, 0) is 17.1 Å². The Morgan fingerprint density at radius 3 is 2.29 bits per heavy atom. The number of hydrogen-bond donors (Lipinski definition) is 1. The van der Waals surface area contributed by atoms with Crippen LogP contribution >= 0.6 is 0 Å². The number of pyridine rings is 1. The molecule has 2 aromatic heterocycles. The zero-order chi connectivity index (χ0) is 13.8. The second-order valence-electron chi connectivity index (χ2n) is 4.41. The molecule has 2 N–H and O–H groups in total. The summed E-state index contributed by atoms with van der Waals surface area (Å²) in [5, 5.41) is 0. The van der Waals surface area contributed by atoms with Gasteiger partial charge in [-0.1, -0.05) is 11.6 Å². The topological polar surface area (TPSA) is 43.3 Å². The van der Waals surface area contributed by atoms with E-state index in [0.29, 0.717) is 5.82 Å². The molecule has 2 heterocycles. The summed E-state index contributed by atoms with van der Waals surface area (Å²) in [5.41, 5.74) is 8.83. The number of imidazole rings is 1. The molecule has 4 rings (SSSR count). The number of aromatic nitrogens is 2. The maximum atomic E-state index is 6.03. The van der Waals surface area contributed by atoms with Gasteiger partial charge in [-0.2, -0.15) is 30.3 Å². The SMILES string of the molecule is Nc1c(-[c-]2cccc2)nc2ccccn12.[Fe+2].c1cc[cH-]c1. The third-order valence-corrected chi connectivity index (χ3v) is 3.06. The smallest absolute Gasteiger partial charge is 0.421 e. The van der Waals surface area contributed by atoms with Crippen LogP contribution in [0.1, 0.15) is 0 Å². The van der Waals surface area contributed by atoms with E-state index in [1.807, 2.05) is 83.4 Å². The van der Waals surface area contributed by atoms with Gasteiger partial charge in [-0.3, -0.25) is 0 Å². The molecule has 0 spiro atoms. The van der Waals surface area contributed by atoms with E-state index < -0.39 is 0 Å². The van der Waals surface area contributed by atoms with Crippen LogP contribution in [0.5, 0.6) is 0 Å². The fraction of sp³-hybridized carbons (Fsp3) is 0. The molecule has 4 aromatic rings. The van der Waals surface area contributed by atoms with E-state index in [0.717, 1.165) is 16.9 Å². The molecule has 106 valence electrons. The van der Waals surface area contributed by atoms with E-state index in [1.165, 1.54) is 0 Å². The standard InChI is InChI=1S/C12H10N3.C5H5.Fe/c13-12-11(9-5-1-2-6-9)14-10-7-3-4-8-15(10)12;1-2-4-5-3-1;/h1-8H,13H2;1-5H;/q2*-1;+2. The van der Waals surface area contributed by atoms with Gasteiger partial charge < -0.3 is 10.1 Å². The minimum atomic E-state index is 0. The number of anilines is 1. The molecule has 0 fully saturated rings. The summed E-state index contributed by atoms with van der Waals surface area (Å²) in [7, 11) is 0. The summed E-state index contributed by atoms with van der Waals surface area (Å²) in [4.78, 5) is 4.49. The largest absolute Gasteiger partial charge is 2.00 e. The molecule has 0 radical (unpaired) electrons. The monoisotopic (exact) mass is 317 g/mol. The summed E-state index contributed by atoms with van der Waals surface area (Å²) in [5.74, 6) is 0.691. The van der Waals surface area contributed by atoms with Crippen LogP contribution < -0.4 is 5.73 Å². The molecule has 2 aromatic carbocycles. The van der Waals surface area contributed by atoms with Crippen LogP contribution in [0.3, 0.4) is 0 Å². The van der Waals surface area contributed by atoms with Crippen LogP contribution in [0, 0.1) is 0 Å². The Labute approximate surface area is 134 Å². The number of nitrogens with two attached hydrogens (primary N) is 1. The van der Waals surface area contributed by atoms with Crippen molar-refractivity contribution in [3.8, 4) is 11.3 Å². The zero-order valence-electron chi connectivity index (χ0n) is 11.3. The number of nitrogen functional groups attached to an aromatic ring is 1. The molecule has 0 aliphatic carbocycles. The maximum absolute atomic E-state index is 6.03. The summed E-state index contributed by atoms with van der Waals surface area (Å²) >= 11 is 0. The molecule has 4 heteroatoms. The molecule has 3 nitrogen and oxygen atoms in total. The summed E-state index contributed by atoms with van der Waals surface area (Å²) < 4.78 is 1.89. The number of fused-ring (bicyclic) bond motifs is 1. The van der Waals surface area contributed by atoms with Gasteiger partial charge in [0.25, 0.3) is 0 Å². The van der Waals surface area contributed by atoms with Crippen LogP contribution in [0.4, 0.5) is 5.82 Å². The second kappa shape index (κ2) is 6.93. The maximum Gasteiger partial charge on any atom is 2.00 e. The summed E-state index contributed by atoms with van der Waals surface area (Å²) in [6, 6.07) is 23.8. The Bertz CT molecular complexity index is 750. The summed E-state index contributed by atoms with van der Waals surface area (Å²) in [6.07, 6.45) is 1.92. The molecule has 21 heavy (non-hydrogen) atoms. The van der Waals surface area contributed by atoms with E-state index in [9.17, 15) is 0 Å². The Hall–Kier alpha value is -2.29. The van der Waals surface area contributed by atoms with Crippen LogP contribution in [0.25, 0.3) is 16.9 Å². The summed E-state index contributed by atoms with van der Waals surface area (Å²) in [6.45, 7) is 0. The van der Waals surface area contributed by atoms with Gasteiger partial charge in [0.2, 0.25) is 0 Å². The molecule has 0 aliphatic rings. The van der Waals surface area contributed by atoms with Crippen molar-refractivity contribution < 1.29 is 17.1 Å². The molecular formula is C17H15FeN3. The van der Waals surface area contributed by atoms with Gasteiger partial charge in [-0.05, 0) is 12.1 Å². The van der Waals surface area contributed by atoms with Crippen LogP contribution in [0.15, 0.2) is 79.0 Å². The van der Waals surface area contributed by atoms with E-state index in [4.69, 9.17) is 5.73 Å². The molecule has 0 amide bonds. The number of nitrogens with zero attached hydrogens (tertiary/aromatic N) is 2. The zero-order valence-corrected chi connectivity index (χ0v) is 12.4. The van der Waals surface area contributed by atoms with E-state index in [1.54, 1.807) is 0 Å².